The summed E-state index contributed by atoms with van der Waals surface area (Å²) in [6.07, 6.45) is -0.0836. The summed E-state index contributed by atoms with van der Waals surface area (Å²) in [5.74, 6) is -2.84. The van der Waals surface area contributed by atoms with Gasteiger partial charge in [0.25, 0.3) is 0 Å². The summed E-state index contributed by atoms with van der Waals surface area (Å²) in [5, 5.41) is 10.8. The Kier molecular flexibility index (Phi) is 4.76. The second-order valence-corrected chi connectivity index (χ2v) is 3.86. The lowest BCUT2D eigenvalue weighted by Crippen LogP contribution is -2.38. The highest BCUT2D eigenvalue weighted by molar-refractivity contribution is 5.83. The Balaban J connectivity index is 2.52. The Labute approximate surface area is 103 Å². The van der Waals surface area contributed by atoms with Crippen molar-refractivity contribution in [2.24, 2.45) is 0 Å². The predicted octanol–water partition coefficient (Wildman–Crippen LogP) is 1.49. The smallest absolute Gasteiger partial charge is 0.325 e. The molecular weight excluding hydrogens is 244 g/mol. The summed E-state index contributed by atoms with van der Waals surface area (Å²) in [4.78, 5) is 21.8. The molecule has 0 unspecified atom stereocenters. The quantitative estimate of drug-likeness (QED) is 0.839. The van der Waals surface area contributed by atoms with Gasteiger partial charge in [0.15, 0.2) is 0 Å². The summed E-state index contributed by atoms with van der Waals surface area (Å²) in [6, 6.07) is 1.99. The first-order valence-electron chi connectivity index (χ1n) is 5.36. The molecule has 0 heterocycles. The molecule has 1 rings (SSSR count). The molecule has 0 saturated heterocycles. The van der Waals surface area contributed by atoms with Crippen molar-refractivity contribution < 1.29 is 23.5 Å². The minimum atomic E-state index is -1.15. The number of carboxylic acids is 1. The zero-order valence-electron chi connectivity index (χ0n) is 9.74. The molecule has 18 heavy (non-hydrogen) atoms. The number of aliphatic carboxylic acids is 1. The Hall–Kier alpha value is -1.98. The lowest BCUT2D eigenvalue weighted by Gasteiger charge is -2.09. The molecule has 6 heteroatoms. The highest BCUT2D eigenvalue weighted by Gasteiger charge is 2.14. The first-order chi connectivity index (χ1) is 8.40. The van der Waals surface area contributed by atoms with Crippen molar-refractivity contribution in [1.29, 1.82) is 0 Å². The lowest BCUT2D eigenvalue weighted by atomic mass is 10.1. The van der Waals surface area contributed by atoms with Crippen LogP contribution in [0.15, 0.2) is 18.2 Å². The molecule has 0 aliphatic heterocycles. The van der Waals surface area contributed by atoms with Crippen molar-refractivity contribution in [2.45, 2.75) is 25.8 Å². The van der Waals surface area contributed by atoms with Gasteiger partial charge in [0, 0.05) is 6.42 Å². The van der Waals surface area contributed by atoms with Crippen LogP contribution in [0, 0.1) is 11.6 Å². The molecule has 0 saturated carbocycles. The molecule has 1 aromatic carbocycles. The van der Waals surface area contributed by atoms with Crippen LogP contribution >= 0.6 is 0 Å². The normalized spacial score (nSPS) is 11.9. The van der Waals surface area contributed by atoms with Gasteiger partial charge in [-0.3, -0.25) is 9.59 Å². The summed E-state index contributed by atoms with van der Waals surface area (Å²) < 4.78 is 26.1. The zero-order valence-corrected chi connectivity index (χ0v) is 9.74. The summed E-state index contributed by atoms with van der Waals surface area (Å²) in [5.41, 5.74) is 0.0909. The zero-order chi connectivity index (χ0) is 13.7. The molecular formula is C12H13F2NO3. The van der Waals surface area contributed by atoms with E-state index in [1.54, 1.807) is 0 Å². The topological polar surface area (TPSA) is 66.4 Å². The second-order valence-electron chi connectivity index (χ2n) is 3.86. The summed E-state index contributed by atoms with van der Waals surface area (Å²) in [7, 11) is 0. The number of aryl methyl sites for hydroxylation is 1. The number of carbonyl (C=O) groups excluding carboxylic acids is 1. The van der Waals surface area contributed by atoms with Crippen LogP contribution < -0.4 is 5.32 Å². The molecule has 0 aliphatic carbocycles. The van der Waals surface area contributed by atoms with Crippen LogP contribution in [0.3, 0.4) is 0 Å². The molecule has 0 spiro atoms. The van der Waals surface area contributed by atoms with Crippen molar-refractivity contribution in [3.8, 4) is 0 Å². The van der Waals surface area contributed by atoms with E-state index in [9.17, 15) is 18.4 Å². The van der Waals surface area contributed by atoms with E-state index in [1.807, 2.05) is 0 Å². The standard InChI is InChI=1S/C12H13F2NO3/c1-7(12(17)18)15-11(16)5-2-8-6-9(13)3-4-10(8)14/h3-4,6-7H,2,5H2,1H3,(H,15,16)(H,17,18)/t7-/m0/s1. The highest BCUT2D eigenvalue weighted by atomic mass is 19.1. The van der Waals surface area contributed by atoms with Gasteiger partial charge in [-0.15, -0.1) is 0 Å². The van der Waals surface area contributed by atoms with E-state index < -0.39 is 29.6 Å². The van der Waals surface area contributed by atoms with Gasteiger partial charge in [-0.1, -0.05) is 0 Å². The van der Waals surface area contributed by atoms with E-state index in [-0.39, 0.29) is 18.4 Å². The fraction of sp³-hybridized carbons (Fsp3) is 0.333. The minimum absolute atomic E-state index is 0.0156. The van der Waals surface area contributed by atoms with Gasteiger partial charge in [-0.05, 0) is 37.1 Å². The van der Waals surface area contributed by atoms with E-state index in [4.69, 9.17) is 5.11 Å². The molecule has 0 aromatic heterocycles. The first-order valence-corrected chi connectivity index (χ1v) is 5.36. The number of nitrogens with one attached hydrogen (secondary N) is 1. The number of hydrogen-bond donors (Lipinski definition) is 2. The number of halogens is 2. The average Bonchev–Trinajstić information content (AvgIpc) is 2.30. The molecule has 0 bridgehead atoms. The Morgan fingerprint density at radius 2 is 2.06 bits per heavy atom. The number of hydrogen-bond acceptors (Lipinski definition) is 2. The molecule has 0 fully saturated rings. The van der Waals surface area contributed by atoms with Crippen LogP contribution in [0.4, 0.5) is 8.78 Å². The van der Waals surface area contributed by atoms with Gasteiger partial charge in [-0.25, -0.2) is 8.78 Å². The van der Waals surface area contributed by atoms with Crippen LogP contribution in [0.2, 0.25) is 0 Å². The van der Waals surface area contributed by atoms with Gasteiger partial charge in [0.05, 0.1) is 0 Å². The van der Waals surface area contributed by atoms with Gasteiger partial charge < -0.3 is 10.4 Å². The third-order valence-corrected chi connectivity index (χ3v) is 2.38. The Morgan fingerprint density at radius 1 is 1.39 bits per heavy atom. The maximum absolute atomic E-state index is 13.2. The van der Waals surface area contributed by atoms with Gasteiger partial charge in [0.1, 0.15) is 17.7 Å². The van der Waals surface area contributed by atoms with Crippen LogP contribution in [-0.4, -0.2) is 23.0 Å². The molecule has 98 valence electrons. The van der Waals surface area contributed by atoms with E-state index in [0.29, 0.717) is 0 Å². The van der Waals surface area contributed by atoms with Crippen molar-refractivity contribution in [3.63, 3.8) is 0 Å². The van der Waals surface area contributed by atoms with Crippen LogP contribution in [0.25, 0.3) is 0 Å². The third-order valence-electron chi connectivity index (χ3n) is 2.38. The van der Waals surface area contributed by atoms with Crippen molar-refractivity contribution in [3.05, 3.63) is 35.4 Å². The highest BCUT2D eigenvalue weighted by Crippen LogP contribution is 2.11. The van der Waals surface area contributed by atoms with Crippen LogP contribution in [0.5, 0.6) is 0 Å². The summed E-state index contributed by atoms with van der Waals surface area (Å²) in [6.45, 7) is 1.32. The maximum Gasteiger partial charge on any atom is 0.325 e. The van der Waals surface area contributed by atoms with Crippen molar-refractivity contribution in [2.75, 3.05) is 0 Å². The molecule has 0 radical (unpaired) electrons. The van der Waals surface area contributed by atoms with Crippen molar-refractivity contribution in [1.82, 2.24) is 5.32 Å². The number of benzene rings is 1. The van der Waals surface area contributed by atoms with Crippen molar-refractivity contribution >= 4 is 11.9 Å². The third kappa shape index (κ3) is 4.12. The second kappa shape index (κ2) is 6.09. The van der Waals surface area contributed by atoms with Gasteiger partial charge >= 0.3 is 5.97 Å². The number of rotatable bonds is 5. The monoisotopic (exact) mass is 257 g/mol. The average molecular weight is 257 g/mol. The molecule has 0 aliphatic rings. The molecule has 1 aromatic rings. The first kappa shape index (κ1) is 14.1. The van der Waals surface area contributed by atoms with Gasteiger partial charge in [-0.2, -0.15) is 0 Å². The number of carboxylic acid groups (broad SMARTS) is 1. The minimum Gasteiger partial charge on any atom is -0.480 e. The molecule has 1 amide bonds. The van der Waals surface area contributed by atoms with E-state index in [1.165, 1.54) is 6.92 Å². The van der Waals surface area contributed by atoms with E-state index in [2.05, 4.69) is 5.32 Å². The largest absolute Gasteiger partial charge is 0.480 e. The molecule has 4 nitrogen and oxygen atoms in total. The lowest BCUT2D eigenvalue weighted by molar-refractivity contribution is -0.141. The predicted molar refractivity (Wildman–Crippen MR) is 59.9 cm³/mol. The molecule has 1 atom stereocenters. The van der Waals surface area contributed by atoms with Gasteiger partial charge in [0.2, 0.25) is 5.91 Å². The number of amides is 1. The van der Waals surface area contributed by atoms with E-state index >= 15 is 0 Å². The van der Waals surface area contributed by atoms with Crippen LogP contribution in [-0.2, 0) is 16.0 Å². The maximum atomic E-state index is 13.2. The number of carbonyl (C=O) groups is 2. The van der Waals surface area contributed by atoms with Crippen LogP contribution in [0.1, 0.15) is 18.9 Å². The summed E-state index contributed by atoms with van der Waals surface area (Å²) >= 11 is 0. The fourth-order valence-electron chi connectivity index (χ4n) is 1.36. The SMILES string of the molecule is C[C@H](NC(=O)CCc1cc(F)ccc1F)C(=O)O. The molecule has 2 N–H and O–H groups in total. The Bertz CT molecular complexity index is 463. The fourth-order valence-corrected chi connectivity index (χ4v) is 1.36. The van der Waals surface area contributed by atoms with E-state index in [0.717, 1.165) is 18.2 Å². The Morgan fingerprint density at radius 3 is 2.67 bits per heavy atom.